The van der Waals surface area contributed by atoms with Crippen LogP contribution < -0.4 is 20.5 Å². The highest BCUT2D eigenvalue weighted by atomic mass is 16.5. The molecule has 146 valence electrons. The van der Waals surface area contributed by atoms with Gasteiger partial charge in [-0.2, -0.15) is 4.98 Å². The van der Waals surface area contributed by atoms with Crippen LogP contribution in [-0.4, -0.2) is 28.0 Å². The zero-order valence-electron chi connectivity index (χ0n) is 16.1. The molecule has 0 unspecified atom stereocenters. The van der Waals surface area contributed by atoms with E-state index in [2.05, 4.69) is 39.7 Å². The maximum atomic E-state index is 5.88. The van der Waals surface area contributed by atoms with E-state index in [0.29, 0.717) is 19.2 Å². The number of hydrogen-bond acceptors (Lipinski definition) is 6. The van der Waals surface area contributed by atoms with Gasteiger partial charge < -0.3 is 20.5 Å². The SMILES string of the molecule is CCOc1ccc([C@H]2C[C@H](c3ccc(OCC)cc3)Nc3nc(N)nn32)cc1. The summed E-state index contributed by atoms with van der Waals surface area (Å²) in [5, 5.41) is 7.86. The van der Waals surface area contributed by atoms with E-state index in [0.717, 1.165) is 23.5 Å². The molecule has 0 aliphatic carbocycles. The molecule has 0 saturated heterocycles. The lowest BCUT2D eigenvalue weighted by molar-refractivity contribution is 0.339. The van der Waals surface area contributed by atoms with Crippen molar-refractivity contribution in [3.8, 4) is 11.5 Å². The molecule has 1 aliphatic heterocycles. The van der Waals surface area contributed by atoms with Crippen LogP contribution in [0.2, 0.25) is 0 Å². The second-order valence-electron chi connectivity index (χ2n) is 6.69. The van der Waals surface area contributed by atoms with Crippen molar-refractivity contribution < 1.29 is 9.47 Å². The van der Waals surface area contributed by atoms with E-state index in [9.17, 15) is 0 Å². The van der Waals surface area contributed by atoms with Crippen LogP contribution in [0.15, 0.2) is 48.5 Å². The van der Waals surface area contributed by atoms with Gasteiger partial charge in [-0.25, -0.2) is 4.68 Å². The van der Waals surface area contributed by atoms with Crippen LogP contribution in [0.4, 0.5) is 11.9 Å². The van der Waals surface area contributed by atoms with Gasteiger partial charge in [-0.15, -0.1) is 5.10 Å². The van der Waals surface area contributed by atoms with Crippen molar-refractivity contribution in [3.05, 3.63) is 59.7 Å². The molecule has 0 amide bonds. The summed E-state index contributed by atoms with van der Waals surface area (Å²) in [6.07, 6.45) is 0.831. The molecule has 0 bridgehead atoms. The van der Waals surface area contributed by atoms with Gasteiger partial charge in [0, 0.05) is 0 Å². The molecule has 0 spiro atoms. The average molecular weight is 379 g/mol. The number of nitrogens with zero attached hydrogens (tertiary/aromatic N) is 3. The zero-order valence-corrected chi connectivity index (χ0v) is 16.1. The first-order chi connectivity index (χ1) is 13.7. The third-order valence-electron chi connectivity index (χ3n) is 4.87. The molecule has 3 aromatic rings. The molecule has 7 nitrogen and oxygen atoms in total. The number of rotatable bonds is 6. The van der Waals surface area contributed by atoms with Crippen LogP contribution in [0.1, 0.15) is 43.5 Å². The maximum absolute atomic E-state index is 5.88. The molecule has 0 radical (unpaired) electrons. The molecule has 2 aromatic carbocycles. The summed E-state index contributed by atoms with van der Waals surface area (Å²) < 4.78 is 13.0. The lowest BCUT2D eigenvalue weighted by Crippen LogP contribution is -2.28. The molecular weight excluding hydrogens is 354 g/mol. The number of ether oxygens (including phenoxy) is 2. The second-order valence-corrected chi connectivity index (χ2v) is 6.69. The first kappa shape index (κ1) is 18.2. The lowest BCUT2D eigenvalue weighted by Gasteiger charge is -2.31. The molecule has 4 rings (SSSR count). The summed E-state index contributed by atoms with van der Waals surface area (Å²) in [4.78, 5) is 4.37. The van der Waals surface area contributed by atoms with Crippen LogP contribution in [0.3, 0.4) is 0 Å². The Bertz CT molecular complexity index is 921. The van der Waals surface area contributed by atoms with Gasteiger partial charge >= 0.3 is 0 Å². The fraction of sp³-hybridized carbons (Fsp3) is 0.333. The minimum Gasteiger partial charge on any atom is -0.494 e. The predicted molar refractivity (Wildman–Crippen MR) is 109 cm³/mol. The molecule has 2 heterocycles. The van der Waals surface area contributed by atoms with Crippen molar-refractivity contribution in [1.82, 2.24) is 14.8 Å². The summed E-state index contributed by atoms with van der Waals surface area (Å²) in [6, 6.07) is 16.5. The molecule has 0 saturated carbocycles. The summed E-state index contributed by atoms with van der Waals surface area (Å²) in [5.74, 6) is 2.69. The van der Waals surface area contributed by atoms with Crippen molar-refractivity contribution >= 4 is 11.9 Å². The number of aromatic nitrogens is 3. The Hall–Kier alpha value is -3.22. The minimum atomic E-state index is 0.0355. The lowest BCUT2D eigenvalue weighted by atomic mass is 9.93. The number of fused-ring (bicyclic) bond motifs is 1. The molecule has 1 aliphatic rings. The highest BCUT2D eigenvalue weighted by Crippen LogP contribution is 2.38. The topological polar surface area (TPSA) is 87.2 Å². The number of nitrogens with one attached hydrogen (secondary N) is 1. The van der Waals surface area contributed by atoms with E-state index < -0.39 is 0 Å². The van der Waals surface area contributed by atoms with Gasteiger partial charge in [0.2, 0.25) is 11.9 Å². The zero-order chi connectivity index (χ0) is 19.5. The van der Waals surface area contributed by atoms with Crippen molar-refractivity contribution in [1.29, 1.82) is 0 Å². The van der Waals surface area contributed by atoms with Crippen LogP contribution in [0.5, 0.6) is 11.5 Å². The fourth-order valence-electron chi connectivity index (χ4n) is 3.61. The van der Waals surface area contributed by atoms with Gasteiger partial charge in [0.25, 0.3) is 0 Å². The van der Waals surface area contributed by atoms with Gasteiger partial charge in [-0.05, 0) is 55.7 Å². The van der Waals surface area contributed by atoms with Gasteiger partial charge in [-0.3, -0.25) is 0 Å². The summed E-state index contributed by atoms with van der Waals surface area (Å²) in [5.41, 5.74) is 8.20. The van der Waals surface area contributed by atoms with E-state index in [-0.39, 0.29) is 18.0 Å². The predicted octanol–water partition coefficient (Wildman–Crippen LogP) is 3.80. The summed E-state index contributed by atoms with van der Waals surface area (Å²) in [7, 11) is 0. The van der Waals surface area contributed by atoms with Crippen LogP contribution in [0, 0.1) is 0 Å². The Kier molecular flexibility index (Phi) is 5.06. The molecule has 28 heavy (non-hydrogen) atoms. The number of nitrogens with two attached hydrogens (primary N) is 1. The number of hydrogen-bond donors (Lipinski definition) is 2. The highest BCUT2D eigenvalue weighted by Gasteiger charge is 2.30. The first-order valence-electron chi connectivity index (χ1n) is 9.62. The average Bonchev–Trinajstić information content (AvgIpc) is 3.09. The van der Waals surface area contributed by atoms with E-state index in [1.165, 1.54) is 5.56 Å². The van der Waals surface area contributed by atoms with Crippen LogP contribution >= 0.6 is 0 Å². The smallest absolute Gasteiger partial charge is 0.241 e. The Balaban J connectivity index is 1.64. The highest BCUT2D eigenvalue weighted by molar-refractivity contribution is 5.43. The number of nitrogen functional groups attached to an aromatic ring is 1. The molecular formula is C21H25N5O2. The standard InChI is InChI=1S/C21H25N5O2/c1-3-27-16-9-5-14(6-10-16)18-13-19(26-21(23-18)24-20(22)25-26)15-7-11-17(12-8-15)28-4-2/h5-12,18-19H,3-4,13H2,1-2H3,(H3,22,23,24,25)/t18-,19-/m1/s1. The van der Waals surface area contributed by atoms with Crippen molar-refractivity contribution in [2.45, 2.75) is 32.4 Å². The second kappa shape index (κ2) is 7.80. The monoisotopic (exact) mass is 379 g/mol. The van der Waals surface area contributed by atoms with Crippen molar-refractivity contribution in [2.24, 2.45) is 0 Å². The van der Waals surface area contributed by atoms with Crippen molar-refractivity contribution in [2.75, 3.05) is 24.3 Å². The Morgan fingerprint density at radius 2 is 1.54 bits per heavy atom. The molecule has 7 heteroatoms. The molecule has 1 aromatic heterocycles. The van der Waals surface area contributed by atoms with Crippen LogP contribution in [0.25, 0.3) is 0 Å². The van der Waals surface area contributed by atoms with E-state index >= 15 is 0 Å². The fourth-order valence-corrected chi connectivity index (χ4v) is 3.61. The van der Waals surface area contributed by atoms with Gasteiger partial charge in [-0.1, -0.05) is 24.3 Å². The van der Waals surface area contributed by atoms with Crippen LogP contribution in [-0.2, 0) is 0 Å². The molecule has 2 atom stereocenters. The third kappa shape index (κ3) is 3.60. The molecule has 0 fully saturated rings. The van der Waals surface area contributed by atoms with E-state index in [1.807, 2.05) is 42.8 Å². The molecule has 3 N–H and O–H groups in total. The van der Waals surface area contributed by atoms with Gasteiger partial charge in [0.05, 0.1) is 25.3 Å². The Morgan fingerprint density at radius 1 is 0.964 bits per heavy atom. The minimum absolute atomic E-state index is 0.0355. The third-order valence-corrected chi connectivity index (χ3v) is 4.87. The largest absolute Gasteiger partial charge is 0.494 e. The quantitative estimate of drug-likeness (QED) is 0.677. The normalized spacial score (nSPS) is 18.2. The Morgan fingerprint density at radius 3 is 2.11 bits per heavy atom. The van der Waals surface area contributed by atoms with Gasteiger partial charge in [0.1, 0.15) is 11.5 Å². The maximum Gasteiger partial charge on any atom is 0.241 e. The van der Waals surface area contributed by atoms with E-state index in [4.69, 9.17) is 15.2 Å². The van der Waals surface area contributed by atoms with E-state index in [1.54, 1.807) is 0 Å². The first-order valence-corrected chi connectivity index (χ1v) is 9.62. The van der Waals surface area contributed by atoms with Crippen molar-refractivity contribution in [3.63, 3.8) is 0 Å². The summed E-state index contributed by atoms with van der Waals surface area (Å²) >= 11 is 0. The summed E-state index contributed by atoms with van der Waals surface area (Å²) in [6.45, 7) is 5.27. The Labute approximate surface area is 164 Å². The number of anilines is 2. The number of benzene rings is 2. The van der Waals surface area contributed by atoms with Gasteiger partial charge in [0.15, 0.2) is 0 Å².